The smallest absolute Gasteiger partial charge is 0.0822 e. The first-order valence-electron chi connectivity index (χ1n) is 3.15. The molecule has 0 aliphatic carbocycles. The highest BCUT2D eigenvalue weighted by atomic mass is 35.5. The number of hydrogen-bond donors (Lipinski definition) is 0. The molecule has 0 fully saturated rings. The monoisotopic (exact) mass is 209 g/mol. The third kappa shape index (κ3) is 1.78. The molecule has 0 saturated heterocycles. The molecule has 0 radical (unpaired) electrons. The van der Waals surface area contributed by atoms with Gasteiger partial charge in [-0.25, -0.2) is 0 Å². The van der Waals surface area contributed by atoms with Crippen molar-refractivity contribution in [2.75, 3.05) is 0 Å². The van der Waals surface area contributed by atoms with Crippen molar-refractivity contribution in [2.45, 2.75) is 13.3 Å². The normalized spacial score (nSPS) is 10.2. The fourth-order valence-corrected chi connectivity index (χ4v) is 1.36. The van der Waals surface area contributed by atoms with Crippen LogP contribution >= 0.6 is 34.8 Å². The van der Waals surface area contributed by atoms with E-state index in [-0.39, 0.29) is 0 Å². The Balaban J connectivity index is 3.25. The number of halogens is 3. The third-order valence-electron chi connectivity index (χ3n) is 1.32. The van der Waals surface area contributed by atoms with Gasteiger partial charge in [0.25, 0.3) is 0 Å². The lowest BCUT2D eigenvalue weighted by Gasteiger charge is -2.02. The zero-order valence-electron chi connectivity index (χ0n) is 5.87. The predicted octanol–water partition coefficient (Wildman–Crippen LogP) is 3.60. The summed E-state index contributed by atoms with van der Waals surface area (Å²) in [6.07, 6.45) is 2.27. The van der Waals surface area contributed by atoms with Gasteiger partial charge in [0, 0.05) is 6.20 Å². The molecule has 1 aromatic rings. The molecule has 1 nitrogen and oxygen atoms in total. The first kappa shape index (κ1) is 9.11. The maximum absolute atomic E-state index is 5.82. The van der Waals surface area contributed by atoms with E-state index in [1.807, 2.05) is 6.92 Å². The second kappa shape index (κ2) is 3.61. The van der Waals surface area contributed by atoms with Crippen LogP contribution < -0.4 is 0 Å². The van der Waals surface area contributed by atoms with E-state index in [0.29, 0.717) is 15.1 Å². The van der Waals surface area contributed by atoms with E-state index < -0.39 is 0 Å². The zero-order chi connectivity index (χ0) is 8.43. The highest BCUT2D eigenvalue weighted by Gasteiger charge is 2.07. The Hall–Kier alpha value is 0.0200. The SMILES string of the molecule is CCc1ncc(Cl)c(Cl)c1Cl. The summed E-state index contributed by atoms with van der Waals surface area (Å²) in [4.78, 5) is 4.01. The average Bonchev–Trinajstić information content (AvgIpc) is 2.01. The van der Waals surface area contributed by atoms with Crippen LogP contribution in [0.15, 0.2) is 6.20 Å². The number of aryl methyl sites for hydroxylation is 1. The van der Waals surface area contributed by atoms with Gasteiger partial charge in [0.1, 0.15) is 0 Å². The average molecular weight is 210 g/mol. The molecule has 1 aromatic heterocycles. The summed E-state index contributed by atoms with van der Waals surface area (Å²) >= 11 is 17.2. The summed E-state index contributed by atoms with van der Waals surface area (Å²) in [7, 11) is 0. The summed E-state index contributed by atoms with van der Waals surface area (Å²) in [6, 6.07) is 0. The van der Waals surface area contributed by atoms with Gasteiger partial charge in [-0.1, -0.05) is 41.7 Å². The number of nitrogens with zero attached hydrogens (tertiary/aromatic N) is 1. The van der Waals surface area contributed by atoms with Gasteiger partial charge in [-0.2, -0.15) is 0 Å². The number of hydrogen-bond acceptors (Lipinski definition) is 1. The van der Waals surface area contributed by atoms with Gasteiger partial charge in [-0.3, -0.25) is 4.98 Å². The molecule has 0 saturated carbocycles. The second-order valence-corrected chi connectivity index (χ2v) is 3.20. The fourth-order valence-electron chi connectivity index (χ4n) is 0.726. The van der Waals surface area contributed by atoms with Crippen LogP contribution in [0.1, 0.15) is 12.6 Å². The highest BCUT2D eigenvalue weighted by Crippen LogP contribution is 2.30. The molecule has 1 rings (SSSR count). The van der Waals surface area contributed by atoms with Crippen LogP contribution in [0.5, 0.6) is 0 Å². The molecule has 0 bridgehead atoms. The summed E-state index contributed by atoms with van der Waals surface area (Å²) in [6.45, 7) is 1.96. The Labute approximate surface area is 80.3 Å². The van der Waals surface area contributed by atoms with Crippen molar-refractivity contribution in [3.05, 3.63) is 27.0 Å². The van der Waals surface area contributed by atoms with E-state index in [2.05, 4.69) is 4.98 Å². The Morgan fingerprint density at radius 1 is 1.27 bits per heavy atom. The topological polar surface area (TPSA) is 12.9 Å². The Kier molecular flexibility index (Phi) is 2.99. The Morgan fingerprint density at radius 2 is 1.91 bits per heavy atom. The number of aromatic nitrogens is 1. The number of rotatable bonds is 1. The Morgan fingerprint density at radius 3 is 2.45 bits per heavy atom. The standard InChI is InChI=1S/C7H6Cl3N/c1-2-5-7(10)6(9)4(8)3-11-5/h3H,2H2,1H3. The minimum atomic E-state index is 0.389. The van der Waals surface area contributed by atoms with E-state index in [4.69, 9.17) is 34.8 Å². The van der Waals surface area contributed by atoms with Crippen molar-refractivity contribution in [3.8, 4) is 0 Å². The maximum atomic E-state index is 5.82. The highest BCUT2D eigenvalue weighted by molar-refractivity contribution is 6.48. The van der Waals surface area contributed by atoms with Gasteiger partial charge >= 0.3 is 0 Å². The lowest BCUT2D eigenvalue weighted by molar-refractivity contribution is 1.04. The van der Waals surface area contributed by atoms with Crippen molar-refractivity contribution >= 4 is 34.8 Å². The van der Waals surface area contributed by atoms with Crippen LogP contribution in [0, 0.1) is 0 Å². The fraction of sp³-hybridized carbons (Fsp3) is 0.286. The molecule has 0 aliphatic rings. The molecule has 11 heavy (non-hydrogen) atoms. The quantitative estimate of drug-likeness (QED) is 0.690. The van der Waals surface area contributed by atoms with Crippen molar-refractivity contribution in [3.63, 3.8) is 0 Å². The van der Waals surface area contributed by atoms with Crippen LogP contribution in [-0.2, 0) is 6.42 Å². The molecule has 60 valence electrons. The van der Waals surface area contributed by atoms with E-state index in [9.17, 15) is 0 Å². The molecule has 0 aliphatic heterocycles. The van der Waals surface area contributed by atoms with Gasteiger partial charge < -0.3 is 0 Å². The second-order valence-electron chi connectivity index (χ2n) is 2.03. The van der Waals surface area contributed by atoms with Crippen LogP contribution in [0.4, 0.5) is 0 Å². The molecule has 0 spiro atoms. The van der Waals surface area contributed by atoms with Crippen molar-refractivity contribution in [1.29, 1.82) is 0 Å². The van der Waals surface area contributed by atoms with E-state index in [0.717, 1.165) is 12.1 Å². The number of pyridine rings is 1. The van der Waals surface area contributed by atoms with Crippen molar-refractivity contribution in [1.82, 2.24) is 4.98 Å². The minimum absolute atomic E-state index is 0.389. The molecular formula is C7H6Cl3N. The molecule has 1 heterocycles. The maximum Gasteiger partial charge on any atom is 0.0822 e. The van der Waals surface area contributed by atoms with E-state index >= 15 is 0 Å². The van der Waals surface area contributed by atoms with Crippen molar-refractivity contribution < 1.29 is 0 Å². The van der Waals surface area contributed by atoms with Gasteiger partial charge in [0.2, 0.25) is 0 Å². The molecule has 0 aromatic carbocycles. The van der Waals surface area contributed by atoms with Gasteiger partial charge in [-0.15, -0.1) is 0 Å². The van der Waals surface area contributed by atoms with Crippen LogP contribution in [0.2, 0.25) is 15.1 Å². The lowest BCUT2D eigenvalue weighted by atomic mass is 10.3. The molecule has 0 amide bonds. The van der Waals surface area contributed by atoms with Gasteiger partial charge in [-0.05, 0) is 6.42 Å². The van der Waals surface area contributed by atoms with Crippen LogP contribution in [-0.4, -0.2) is 4.98 Å². The first-order valence-corrected chi connectivity index (χ1v) is 4.28. The lowest BCUT2D eigenvalue weighted by Crippen LogP contribution is -1.88. The summed E-state index contributed by atoms with van der Waals surface area (Å²) in [5, 5.41) is 1.25. The van der Waals surface area contributed by atoms with E-state index in [1.54, 1.807) is 0 Å². The third-order valence-corrected chi connectivity index (χ3v) is 2.60. The van der Waals surface area contributed by atoms with Crippen LogP contribution in [0.3, 0.4) is 0 Å². The van der Waals surface area contributed by atoms with E-state index in [1.165, 1.54) is 6.20 Å². The van der Waals surface area contributed by atoms with Crippen molar-refractivity contribution in [2.24, 2.45) is 0 Å². The predicted molar refractivity (Wildman–Crippen MR) is 48.6 cm³/mol. The molecule has 0 unspecified atom stereocenters. The molecular weight excluding hydrogens is 204 g/mol. The van der Waals surface area contributed by atoms with Gasteiger partial charge in [0.05, 0.1) is 20.8 Å². The summed E-state index contributed by atoms with van der Waals surface area (Å²) in [5.74, 6) is 0. The molecule has 4 heteroatoms. The Bertz CT molecular complexity index is 273. The molecule has 0 N–H and O–H groups in total. The first-order chi connectivity index (χ1) is 5.16. The van der Waals surface area contributed by atoms with Crippen LogP contribution in [0.25, 0.3) is 0 Å². The van der Waals surface area contributed by atoms with Gasteiger partial charge in [0.15, 0.2) is 0 Å². The largest absolute Gasteiger partial charge is 0.258 e. The molecule has 0 atom stereocenters. The minimum Gasteiger partial charge on any atom is -0.258 e. The summed E-state index contributed by atoms with van der Waals surface area (Å²) < 4.78 is 0. The zero-order valence-corrected chi connectivity index (χ0v) is 8.13. The summed E-state index contributed by atoms with van der Waals surface area (Å²) in [5.41, 5.74) is 0.779.